The third-order valence-corrected chi connectivity index (χ3v) is 9.95. The van der Waals surface area contributed by atoms with Gasteiger partial charge in [0.25, 0.3) is 5.91 Å². The molecule has 2 aliphatic carbocycles. The van der Waals surface area contributed by atoms with Crippen molar-refractivity contribution >= 4 is 57.6 Å². The minimum atomic E-state index is -0.745. The van der Waals surface area contributed by atoms with Gasteiger partial charge in [-0.2, -0.15) is 0 Å². The summed E-state index contributed by atoms with van der Waals surface area (Å²) in [5, 5.41) is 7.42. The molecule has 1 aromatic heterocycles. The molecular formula is C28H32Cl2N4O4. The number of carbonyl (C=O) groups excluding carboxylic acids is 4. The van der Waals surface area contributed by atoms with Crippen LogP contribution < -0.4 is 10.6 Å². The predicted molar refractivity (Wildman–Crippen MR) is 144 cm³/mol. The zero-order chi connectivity index (χ0) is 26.7. The van der Waals surface area contributed by atoms with Crippen molar-refractivity contribution in [3.63, 3.8) is 0 Å². The highest BCUT2D eigenvalue weighted by atomic mass is 35.5. The number of H-pyrrole nitrogens is 1. The molecular weight excluding hydrogens is 527 g/mol. The van der Waals surface area contributed by atoms with Crippen molar-refractivity contribution in [3.8, 4) is 0 Å². The number of ketones is 1. The van der Waals surface area contributed by atoms with E-state index in [4.69, 9.17) is 23.2 Å². The quantitative estimate of drug-likeness (QED) is 0.477. The molecule has 0 radical (unpaired) electrons. The average Bonchev–Trinajstić information content (AvgIpc) is 3.69. The van der Waals surface area contributed by atoms with Gasteiger partial charge in [-0.05, 0) is 74.0 Å². The molecule has 2 saturated heterocycles. The molecule has 3 amide bonds. The average molecular weight is 559 g/mol. The molecule has 10 heteroatoms. The predicted octanol–water partition coefficient (Wildman–Crippen LogP) is 3.95. The standard InChI is InChI=1S/C28H32Cl2N4O4/c1-2-23(35)21(8-15-5-6-31-26(15)36)33-27(37)25-24-14-4-3-13(7-14)18(24)12-34(25)28(38)22-11-17-19(30)9-16(29)10-20(17)32-22/h9-11,13-15,18,21,24-25,32H,2-8,12H2,1H3,(H,31,36)(H,33,37). The van der Waals surface area contributed by atoms with E-state index in [9.17, 15) is 19.2 Å². The zero-order valence-corrected chi connectivity index (χ0v) is 22.8. The summed E-state index contributed by atoms with van der Waals surface area (Å²) in [6, 6.07) is 3.68. The van der Waals surface area contributed by atoms with Crippen LogP contribution in [0.25, 0.3) is 10.9 Å². The fourth-order valence-electron chi connectivity index (χ4n) is 7.65. The summed E-state index contributed by atoms with van der Waals surface area (Å²) < 4.78 is 0. The van der Waals surface area contributed by atoms with E-state index >= 15 is 0 Å². The Labute approximate surface area is 231 Å². The maximum Gasteiger partial charge on any atom is 0.271 e. The maximum absolute atomic E-state index is 14.0. The van der Waals surface area contributed by atoms with Crippen LogP contribution in [0.5, 0.6) is 0 Å². The molecule has 38 heavy (non-hydrogen) atoms. The number of likely N-dealkylation sites (tertiary alicyclic amines) is 1. The molecule has 2 bridgehead atoms. The van der Waals surface area contributed by atoms with Gasteiger partial charge in [0.1, 0.15) is 11.7 Å². The molecule has 6 rings (SSSR count). The molecule has 2 aromatic rings. The topological polar surface area (TPSA) is 111 Å². The lowest BCUT2D eigenvalue weighted by Gasteiger charge is -2.31. The van der Waals surface area contributed by atoms with E-state index in [0.717, 1.165) is 19.3 Å². The number of hydrogen-bond acceptors (Lipinski definition) is 4. The van der Waals surface area contributed by atoms with Crippen LogP contribution in [0.3, 0.4) is 0 Å². The van der Waals surface area contributed by atoms with Crippen LogP contribution >= 0.6 is 23.2 Å². The molecule has 0 spiro atoms. The van der Waals surface area contributed by atoms with E-state index in [-0.39, 0.29) is 54.1 Å². The van der Waals surface area contributed by atoms with Crippen molar-refractivity contribution in [2.24, 2.45) is 29.6 Å². The Morgan fingerprint density at radius 2 is 1.92 bits per heavy atom. The van der Waals surface area contributed by atoms with E-state index < -0.39 is 12.1 Å². The summed E-state index contributed by atoms with van der Waals surface area (Å²) >= 11 is 12.5. The molecule has 202 valence electrons. The van der Waals surface area contributed by atoms with Crippen LogP contribution in [0.4, 0.5) is 0 Å². The Hall–Kier alpha value is -2.58. The normalized spacial score (nSPS) is 30.5. The number of Topliss-reactive ketones (excluding diaryl/α,β-unsaturated/α-hetero) is 1. The summed E-state index contributed by atoms with van der Waals surface area (Å²) in [6.45, 7) is 2.87. The van der Waals surface area contributed by atoms with E-state index in [1.807, 2.05) is 0 Å². The smallest absolute Gasteiger partial charge is 0.271 e. The van der Waals surface area contributed by atoms with E-state index in [2.05, 4.69) is 15.6 Å². The van der Waals surface area contributed by atoms with Crippen molar-refractivity contribution in [2.75, 3.05) is 13.1 Å². The second kappa shape index (κ2) is 9.87. The van der Waals surface area contributed by atoms with Crippen molar-refractivity contribution in [1.82, 2.24) is 20.5 Å². The number of aromatic nitrogens is 1. The number of nitrogens with zero attached hydrogens (tertiary/aromatic N) is 1. The number of benzene rings is 1. The van der Waals surface area contributed by atoms with Gasteiger partial charge in [-0.15, -0.1) is 0 Å². The molecule has 4 aliphatic rings. The van der Waals surface area contributed by atoms with E-state index in [1.165, 1.54) is 0 Å². The van der Waals surface area contributed by atoms with Gasteiger partial charge in [0, 0.05) is 41.4 Å². The molecule has 7 unspecified atom stereocenters. The van der Waals surface area contributed by atoms with E-state index in [0.29, 0.717) is 58.0 Å². The minimum absolute atomic E-state index is 0.0726. The third kappa shape index (κ3) is 4.30. The fourth-order valence-corrected chi connectivity index (χ4v) is 8.20. The Morgan fingerprint density at radius 1 is 1.13 bits per heavy atom. The largest absolute Gasteiger partial charge is 0.356 e. The molecule has 8 nitrogen and oxygen atoms in total. The summed E-state index contributed by atoms with van der Waals surface area (Å²) in [5.41, 5.74) is 1.02. The number of amides is 3. The van der Waals surface area contributed by atoms with Crippen molar-refractivity contribution in [1.29, 1.82) is 0 Å². The number of rotatable bonds is 7. The first-order valence-electron chi connectivity index (χ1n) is 13.6. The Morgan fingerprint density at radius 3 is 2.66 bits per heavy atom. The molecule has 7 atom stereocenters. The van der Waals surface area contributed by atoms with Gasteiger partial charge < -0.3 is 20.5 Å². The van der Waals surface area contributed by atoms with Crippen LogP contribution in [0.1, 0.15) is 55.9 Å². The van der Waals surface area contributed by atoms with Crippen LogP contribution in [0, 0.1) is 29.6 Å². The Balaban J connectivity index is 1.29. The molecule has 2 aliphatic heterocycles. The molecule has 3 heterocycles. The highest BCUT2D eigenvalue weighted by Crippen LogP contribution is 2.57. The lowest BCUT2D eigenvalue weighted by Crippen LogP contribution is -2.54. The number of hydrogen-bond donors (Lipinski definition) is 3. The van der Waals surface area contributed by atoms with Gasteiger partial charge in [0.05, 0.1) is 11.1 Å². The number of aromatic amines is 1. The monoisotopic (exact) mass is 558 g/mol. The lowest BCUT2D eigenvalue weighted by atomic mass is 9.78. The van der Waals surface area contributed by atoms with Gasteiger partial charge >= 0.3 is 0 Å². The highest BCUT2D eigenvalue weighted by molar-refractivity contribution is 6.38. The van der Waals surface area contributed by atoms with Crippen LogP contribution in [-0.4, -0.2) is 58.6 Å². The first kappa shape index (κ1) is 25.7. The lowest BCUT2D eigenvalue weighted by molar-refractivity contribution is -0.132. The van der Waals surface area contributed by atoms with Crippen LogP contribution in [0.15, 0.2) is 18.2 Å². The van der Waals surface area contributed by atoms with Gasteiger partial charge in [0.2, 0.25) is 11.8 Å². The zero-order valence-electron chi connectivity index (χ0n) is 21.3. The first-order valence-corrected chi connectivity index (χ1v) is 14.4. The van der Waals surface area contributed by atoms with Crippen molar-refractivity contribution in [2.45, 2.75) is 57.5 Å². The first-order chi connectivity index (χ1) is 18.2. The van der Waals surface area contributed by atoms with Gasteiger partial charge in [-0.1, -0.05) is 30.1 Å². The Kier molecular flexibility index (Phi) is 6.67. The number of carbonyl (C=O) groups is 4. The number of fused-ring (bicyclic) bond motifs is 6. The summed E-state index contributed by atoms with van der Waals surface area (Å²) in [6.07, 6.45) is 4.50. The summed E-state index contributed by atoms with van der Waals surface area (Å²) in [5.74, 6) is 0.257. The maximum atomic E-state index is 14.0. The van der Waals surface area contributed by atoms with Gasteiger partial charge in [-0.3, -0.25) is 19.2 Å². The highest BCUT2D eigenvalue weighted by Gasteiger charge is 2.59. The summed E-state index contributed by atoms with van der Waals surface area (Å²) in [7, 11) is 0. The molecule has 3 N–H and O–H groups in total. The van der Waals surface area contributed by atoms with Crippen LogP contribution in [-0.2, 0) is 14.4 Å². The number of halogens is 2. The molecule has 4 fully saturated rings. The van der Waals surface area contributed by atoms with Crippen LogP contribution in [0.2, 0.25) is 10.0 Å². The van der Waals surface area contributed by atoms with Gasteiger partial charge in [-0.25, -0.2) is 0 Å². The summed E-state index contributed by atoms with van der Waals surface area (Å²) in [4.78, 5) is 57.8. The SMILES string of the molecule is CCC(=O)C(CC1CCNC1=O)NC(=O)C1C2C3CCC(C3)C2CN1C(=O)c1cc2c(Cl)cc(Cl)cc2[nH]1. The van der Waals surface area contributed by atoms with Crippen molar-refractivity contribution < 1.29 is 19.2 Å². The second-order valence-corrected chi connectivity index (χ2v) is 12.2. The number of nitrogens with one attached hydrogen (secondary N) is 3. The fraction of sp³-hybridized carbons (Fsp3) is 0.571. The molecule has 1 aromatic carbocycles. The van der Waals surface area contributed by atoms with E-state index in [1.54, 1.807) is 30.0 Å². The Bertz CT molecular complexity index is 1330. The third-order valence-electron chi connectivity index (χ3n) is 9.41. The second-order valence-electron chi connectivity index (χ2n) is 11.4. The van der Waals surface area contributed by atoms with Crippen molar-refractivity contribution in [3.05, 3.63) is 33.9 Å². The molecule has 2 saturated carbocycles. The van der Waals surface area contributed by atoms with Gasteiger partial charge in [0.15, 0.2) is 5.78 Å². The minimum Gasteiger partial charge on any atom is -0.356 e.